The summed E-state index contributed by atoms with van der Waals surface area (Å²) in [6.07, 6.45) is 2.95. The highest BCUT2D eigenvalue weighted by molar-refractivity contribution is 7.16. The Morgan fingerprint density at radius 3 is 2.52 bits per heavy atom. The molecule has 0 spiro atoms. The van der Waals surface area contributed by atoms with Crippen molar-refractivity contribution in [2.24, 2.45) is 5.92 Å². The maximum absolute atomic E-state index is 12.4. The molecule has 1 saturated heterocycles. The number of anilines is 1. The molecular formula is C16H22N2O4S. The van der Waals surface area contributed by atoms with Gasteiger partial charge in [-0.3, -0.25) is 9.59 Å². The van der Waals surface area contributed by atoms with Gasteiger partial charge in [0.2, 0.25) is 11.8 Å². The number of carboxylic acid groups (broad SMARTS) is 1. The van der Waals surface area contributed by atoms with Crippen molar-refractivity contribution < 1.29 is 19.5 Å². The van der Waals surface area contributed by atoms with Crippen LogP contribution in [-0.4, -0.2) is 40.9 Å². The van der Waals surface area contributed by atoms with E-state index in [0.29, 0.717) is 30.9 Å². The zero-order valence-corrected chi connectivity index (χ0v) is 14.2. The number of hydrogen-bond acceptors (Lipinski definition) is 4. The maximum atomic E-state index is 12.4. The lowest BCUT2D eigenvalue weighted by molar-refractivity contribution is -0.132. The van der Waals surface area contributed by atoms with E-state index in [1.807, 2.05) is 6.92 Å². The molecule has 7 heteroatoms. The van der Waals surface area contributed by atoms with E-state index in [1.54, 1.807) is 11.0 Å². The Morgan fingerprint density at radius 1 is 1.35 bits per heavy atom. The first kappa shape index (κ1) is 17.5. The second-order valence-corrected chi connectivity index (χ2v) is 6.92. The minimum absolute atomic E-state index is 0.0273. The average Bonchev–Trinajstić information content (AvgIpc) is 2.90. The number of carbonyl (C=O) groups is 3. The molecule has 1 aliphatic rings. The molecule has 0 bridgehead atoms. The largest absolute Gasteiger partial charge is 0.478 e. The van der Waals surface area contributed by atoms with Crippen molar-refractivity contribution in [1.82, 2.24) is 4.90 Å². The normalized spacial score (nSPS) is 15.5. The zero-order valence-electron chi connectivity index (χ0n) is 13.4. The Kier molecular flexibility index (Phi) is 5.76. The Balaban J connectivity index is 2.03. The molecule has 2 amide bonds. The molecule has 6 nitrogen and oxygen atoms in total. The first-order valence-corrected chi connectivity index (χ1v) is 8.66. The molecule has 0 saturated carbocycles. The molecule has 2 rings (SSSR count). The Bertz CT molecular complexity index is 603. The van der Waals surface area contributed by atoms with Crippen molar-refractivity contribution in [2.75, 3.05) is 18.4 Å². The maximum Gasteiger partial charge on any atom is 0.338 e. The summed E-state index contributed by atoms with van der Waals surface area (Å²) < 4.78 is 0. The van der Waals surface area contributed by atoms with Crippen molar-refractivity contribution in [3.8, 4) is 0 Å². The number of carbonyl (C=O) groups excluding carboxylic acids is 2. The molecule has 2 N–H and O–H groups in total. The van der Waals surface area contributed by atoms with Crippen molar-refractivity contribution in [2.45, 2.75) is 39.5 Å². The van der Waals surface area contributed by atoms with Gasteiger partial charge in [0.15, 0.2) is 0 Å². The number of aromatic carboxylic acids is 1. The van der Waals surface area contributed by atoms with Crippen LogP contribution in [0.3, 0.4) is 0 Å². The Labute approximate surface area is 139 Å². The summed E-state index contributed by atoms with van der Waals surface area (Å²) in [5.74, 6) is -1.32. The molecule has 0 unspecified atom stereocenters. The number of hydrogen-bond donors (Lipinski definition) is 2. The van der Waals surface area contributed by atoms with Gasteiger partial charge < -0.3 is 15.3 Å². The number of thiophene rings is 1. The van der Waals surface area contributed by atoms with E-state index < -0.39 is 5.97 Å². The molecule has 2 heterocycles. The number of aryl methyl sites for hydroxylation is 1. The second-order valence-electron chi connectivity index (χ2n) is 5.78. The van der Waals surface area contributed by atoms with E-state index in [1.165, 1.54) is 18.3 Å². The smallest absolute Gasteiger partial charge is 0.338 e. The van der Waals surface area contributed by atoms with Gasteiger partial charge in [0.25, 0.3) is 0 Å². The summed E-state index contributed by atoms with van der Waals surface area (Å²) in [6.45, 7) is 4.71. The summed E-state index contributed by atoms with van der Waals surface area (Å²) in [5, 5.41) is 12.5. The summed E-state index contributed by atoms with van der Waals surface area (Å²) in [4.78, 5) is 37.7. The highest BCUT2D eigenvalue weighted by atomic mass is 32.1. The summed E-state index contributed by atoms with van der Waals surface area (Å²) in [7, 11) is 0. The van der Waals surface area contributed by atoms with Crippen LogP contribution in [0.4, 0.5) is 5.00 Å². The predicted octanol–water partition coefficient (Wildman–Crippen LogP) is 2.60. The van der Waals surface area contributed by atoms with Crippen LogP contribution in [0.25, 0.3) is 0 Å². The fraction of sp³-hybridized carbons (Fsp3) is 0.562. The monoisotopic (exact) mass is 338 g/mol. The molecule has 1 fully saturated rings. The van der Waals surface area contributed by atoms with Crippen LogP contribution in [0.15, 0.2) is 6.07 Å². The Hall–Kier alpha value is -1.89. The lowest BCUT2D eigenvalue weighted by atomic mass is 9.96. The minimum Gasteiger partial charge on any atom is -0.478 e. The molecule has 1 aromatic rings. The topological polar surface area (TPSA) is 86.7 Å². The number of carboxylic acids is 1. The molecule has 23 heavy (non-hydrogen) atoms. The molecule has 0 aliphatic carbocycles. The SMILES string of the molecule is CCCc1cc(C(=O)O)c(NC(=O)C2CCN(C(C)=O)CC2)s1. The van der Waals surface area contributed by atoms with Gasteiger partial charge in [0.1, 0.15) is 5.00 Å². The van der Waals surface area contributed by atoms with Crippen LogP contribution < -0.4 is 5.32 Å². The minimum atomic E-state index is -1.02. The van der Waals surface area contributed by atoms with Gasteiger partial charge in [-0.15, -0.1) is 11.3 Å². The Morgan fingerprint density at radius 2 is 2.00 bits per heavy atom. The number of amides is 2. The molecule has 0 atom stereocenters. The molecule has 1 aliphatic heterocycles. The van der Waals surface area contributed by atoms with Gasteiger partial charge in [-0.25, -0.2) is 4.79 Å². The lowest BCUT2D eigenvalue weighted by Gasteiger charge is -2.30. The first-order valence-electron chi connectivity index (χ1n) is 7.84. The molecule has 0 aromatic carbocycles. The summed E-state index contributed by atoms with van der Waals surface area (Å²) in [5.41, 5.74) is 0.160. The van der Waals surface area contributed by atoms with E-state index in [-0.39, 0.29) is 23.3 Å². The van der Waals surface area contributed by atoms with Gasteiger partial charge in [-0.1, -0.05) is 13.3 Å². The van der Waals surface area contributed by atoms with Crippen LogP contribution >= 0.6 is 11.3 Å². The number of likely N-dealkylation sites (tertiary alicyclic amines) is 1. The van der Waals surface area contributed by atoms with Crippen LogP contribution in [-0.2, 0) is 16.0 Å². The van der Waals surface area contributed by atoms with Gasteiger partial charge in [-0.2, -0.15) is 0 Å². The van der Waals surface area contributed by atoms with Crippen molar-refractivity contribution in [3.63, 3.8) is 0 Å². The number of rotatable bonds is 5. The fourth-order valence-corrected chi connectivity index (χ4v) is 3.89. The zero-order chi connectivity index (χ0) is 17.0. The highest BCUT2D eigenvalue weighted by Crippen LogP contribution is 2.30. The van der Waals surface area contributed by atoms with Gasteiger partial charge in [-0.05, 0) is 25.3 Å². The number of piperidine rings is 1. The van der Waals surface area contributed by atoms with Gasteiger partial charge in [0, 0.05) is 30.8 Å². The number of nitrogens with zero attached hydrogens (tertiary/aromatic N) is 1. The fourth-order valence-electron chi connectivity index (χ4n) is 2.73. The third-order valence-corrected chi connectivity index (χ3v) is 5.17. The second kappa shape index (κ2) is 7.59. The van der Waals surface area contributed by atoms with E-state index in [4.69, 9.17) is 0 Å². The van der Waals surface area contributed by atoms with Crippen molar-refractivity contribution >= 4 is 34.1 Å². The first-order chi connectivity index (χ1) is 10.9. The number of nitrogens with one attached hydrogen (secondary N) is 1. The van der Waals surface area contributed by atoms with Crippen LogP contribution in [0.1, 0.15) is 48.3 Å². The van der Waals surface area contributed by atoms with Gasteiger partial charge in [0.05, 0.1) is 5.56 Å². The lowest BCUT2D eigenvalue weighted by Crippen LogP contribution is -2.40. The van der Waals surface area contributed by atoms with E-state index in [9.17, 15) is 19.5 Å². The standard InChI is InChI=1S/C16H22N2O4S/c1-3-4-12-9-13(16(21)22)15(23-12)17-14(20)11-5-7-18(8-6-11)10(2)19/h9,11H,3-8H2,1-2H3,(H,17,20)(H,21,22). The quantitative estimate of drug-likeness (QED) is 0.864. The average molecular weight is 338 g/mol. The van der Waals surface area contributed by atoms with Crippen LogP contribution in [0.5, 0.6) is 0 Å². The van der Waals surface area contributed by atoms with E-state index >= 15 is 0 Å². The molecule has 126 valence electrons. The van der Waals surface area contributed by atoms with E-state index in [0.717, 1.165) is 17.7 Å². The van der Waals surface area contributed by atoms with Crippen LogP contribution in [0, 0.1) is 5.92 Å². The van der Waals surface area contributed by atoms with Crippen molar-refractivity contribution in [3.05, 3.63) is 16.5 Å². The molecule has 1 aromatic heterocycles. The third kappa shape index (κ3) is 4.31. The summed E-state index contributed by atoms with van der Waals surface area (Å²) >= 11 is 1.33. The highest BCUT2D eigenvalue weighted by Gasteiger charge is 2.27. The molecular weight excluding hydrogens is 316 g/mol. The van der Waals surface area contributed by atoms with E-state index in [2.05, 4.69) is 5.32 Å². The predicted molar refractivity (Wildman–Crippen MR) is 88.9 cm³/mol. The molecule has 0 radical (unpaired) electrons. The van der Waals surface area contributed by atoms with Crippen LogP contribution in [0.2, 0.25) is 0 Å². The van der Waals surface area contributed by atoms with Crippen molar-refractivity contribution in [1.29, 1.82) is 0 Å². The van der Waals surface area contributed by atoms with Gasteiger partial charge >= 0.3 is 5.97 Å². The summed E-state index contributed by atoms with van der Waals surface area (Å²) in [6, 6.07) is 1.64. The third-order valence-electron chi connectivity index (χ3n) is 4.06.